The van der Waals surface area contributed by atoms with Crippen molar-refractivity contribution in [1.29, 1.82) is 0 Å². The molecular weight excluding hydrogens is 396 g/mol. The third kappa shape index (κ3) is 5.71. The van der Waals surface area contributed by atoms with Crippen LogP contribution in [0.1, 0.15) is 32.6 Å². The number of carboxylic acids is 1. The van der Waals surface area contributed by atoms with Gasteiger partial charge in [0.15, 0.2) is 0 Å². The molecule has 0 aliphatic carbocycles. The second-order valence-corrected chi connectivity index (χ2v) is 7.25. The highest BCUT2D eigenvalue weighted by molar-refractivity contribution is 5.93. The van der Waals surface area contributed by atoms with Gasteiger partial charge in [0.1, 0.15) is 24.7 Å². The van der Waals surface area contributed by atoms with E-state index in [1.807, 2.05) is 0 Å². The number of carboxylic acid groups (broad SMARTS) is 1. The minimum atomic E-state index is -1.07. The van der Waals surface area contributed by atoms with E-state index in [9.17, 15) is 24.0 Å². The van der Waals surface area contributed by atoms with E-state index in [1.54, 1.807) is 0 Å². The summed E-state index contributed by atoms with van der Waals surface area (Å²) in [5, 5.41) is 14.1. The van der Waals surface area contributed by atoms with Gasteiger partial charge in [0.2, 0.25) is 17.7 Å². The first-order valence-corrected chi connectivity index (χ1v) is 9.91. The number of carbonyl (C=O) groups is 5. The lowest BCUT2D eigenvalue weighted by Crippen LogP contribution is -2.53. The standard InChI is InChI=1S/C19H28N4O7/c1-3-10-30-19(29)23-9-4-6-13(23)17(26)21-12(2)16(25)20-11-15(24)22-8-5-7-14(22)18(27)28/h3,12-14H,1,4-11H2,2H3,(H,20,25)(H,21,26)(H,27,28)/t12-,13-,14-/m0/s1. The minimum Gasteiger partial charge on any atom is -0.480 e. The van der Waals surface area contributed by atoms with Gasteiger partial charge in [-0.1, -0.05) is 12.7 Å². The van der Waals surface area contributed by atoms with E-state index in [4.69, 9.17) is 9.84 Å². The lowest BCUT2D eigenvalue weighted by atomic mass is 10.2. The molecule has 2 aliphatic heterocycles. The van der Waals surface area contributed by atoms with Crippen LogP contribution in [-0.4, -0.2) is 89.1 Å². The average Bonchev–Trinajstić information content (AvgIpc) is 3.39. The number of hydrogen-bond acceptors (Lipinski definition) is 6. The summed E-state index contributed by atoms with van der Waals surface area (Å²) >= 11 is 0. The van der Waals surface area contributed by atoms with Gasteiger partial charge in [-0.05, 0) is 32.6 Å². The largest absolute Gasteiger partial charge is 0.480 e. The highest BCUT2D eigenvalue weighted by atomic mass is 16.6. The topological polar surface area (TPSA) is 145 Å². The maximum absolute atomic E-state index is 12.5. The van der Waals surface area contributed by atoms with Crippen LogP contribution in [0.15, 0.2) is 12.7 Å². The Kier molecular flexibility index (Phi) is 8.19. The van der Waals surface area contributed by atoms with Crippen LogP contribution in [0, 0.1) is 0 Å². The molecule has 3 atom stereocenters. The monoisotopic (exact) mass is 424 g/mol. The predicted octanol–water partition coefficient (Wildman–Crippen LogP) is -0.530. The van der Waals surface area contributed by atoms with Crippen LogP contribution >= 0.6 is 0 Å². The Bertz CT molecular complexity index is 711. The molecular formula is C19H28N4O7. The fourth-order valence-electron chi connectivity index (χ4n) is 3.59. The number of amides is 4. The molecule has 2 aliphatic rings. The molecule has 11 nitrogen and oxygen atoms in total. The molecule has 0 radical (unpaired) electrons. The highest BCUT2D eigenvalue weighted by Gasteiger charge is 2.36. The van der Waals surface area contributed by atoms with Gasteiger partial charge in [-0.2, -0.15) is 0 Å². The maximum Gasteiger partial charge on any atom is 0.410 e. The second kappa shape index (κ2) is 10.6. The van der Waals surface area contributed by atoms with Gasteiger partial charge in [-0.15, -0.1) is 0 Å². The van der Waals surface area contributed by atoms with E-state index in [0.717, 1.165) is 0 Å². The lowest BCUT2D eigenvalue weighted by molar-refractivity contribution is -0.148. The Labute approximate surface area is 174 Å². The zero-order valence-electron chi connectivity index (χ0n) is 17.0. The number of nitrogens with zero attached hydrogens (tertiary/aromatic N) is 2. The number of nitrogens with one attached hydrogen (secondary N) is 2. The Morgan fingerprint density at radius 1 is 1.13 bits per heavy atom. The van der Waals surface area contributed by atoms with Crippen molar-refractivity contribution < 1.29 is 33.8 Å². The van der Waals surface area contributed by atoms with Crippen molar-refractivity contribution in [3.05, 3.63) is 12.7 Å². The van der Waals surface area contributed by atoms with Gasteiger partial charge in [0.05, 0.1) is 6.54 Å². The van der Waals surface area contributed by atoms with Crippen molar-refractivity contribution in [2.75, 3.05) is 26.2 Å². The van der Waals surface area contributed by atoms with E-state index in [-0.39, 0.29) is 13.2 Å². The molecule has 3 N–H and O–H groups in total. The molecule has 2 heterocycles. The van der Waals surface area contributed by atoms with Crippen molar-refractivity contribution in [1.82, 2.24) is 20.4 Å². The first-order valence-electron chi connectivity index (χ1n) is 9.91. The summed E-state index contributed by atoms with van der Waals surface area (Å²) in [6.45, 7) is 5.32. The van der Waals surface area contributed by atoms with Crippen LogP contribution < -0.4 is 10.6 Å². The van der Waals surface area contributed by atoms with Crippen LogP contribution in [0.5, 0.6) is 0 Å². The van der Waals surface area contributed by atoms with Gasteiger partial charge in [-0.3, -0.25) is 19.3 Å². The van der Waals surface area contributed by atoms with E-state index >= 15 is 0 Å². The smallest absolute Gasteiger partial charge is 0.410 e. The molecule has 2 saturated heterocycles. The number of rotatable bonds is 8. The molecule has 0 aromatic rings. The molecule has 2 fully saturated rings. The molecule has 0 bridgehead atoms. The van der Waals surface area contributed by atoms with E-state index < -0.39 is 47.9 Å². The van der Waals surface area contributed by atoms with Crippen molar-refractivity contribution >= 4 is 29.8 Å². The molecule has 0 unspecified atom stereocenters. The van der Waals surface area contributed by atoms with Crippen molar-refractivity contribution in [3.8, 4) is 0 Å². The predicted molar refractivity (Wildman–Crippen MR) is 104 cm³/mol. The Hall–Kier alpha value is -3.11. The summed E-state index contributed by atoms with van der Waals surface area (Å²) in [6, 6.07) is -2.55. The third-order valence-corrected chi connectivity index (χ3v) is 5.14. The van der Waals surface area contributed by atoms with Crippen molar-refractivity contribution in [2.24, 2.45) is 0 Å². The SMILES string of the molecule is C=CCOC(=O)N1CCC[C@H]1C(=O)N[C@@H](C)C(=O)NCC(=O)N1CCC[C@H]1C(=O)O. The average molecular weight is 424 g/mol. The van der Waals surface area contributed by atoms with E-state index in [1.165, 1.54) is 22.8 Å². The lowest BCUT2D eigenvalue weighted by Gasteiger charge is -2.25. The molecule has 30 heavy (non-hydrogen) atoms. The molecule has 166 valence electrons. The molecule has 2 rings (SSSR count). The Balaban J connectivity index is 1.82. The van der Waals surface area contributed by atoms with Crippen LogP contribution in [0.3, 0.4) is 0 Å². The van der Waals surface area contributed by atoms with Gasteiger partial charge in [0.25, 0.3) is 0 Å². The third-order valence-electron chi connectivity index (χ3n) is 5.14. The summed E-state index contributed by atoms with van der Waals surface area (Å²) < 4.78 is 4.97. The Morgan fingerprint density at radius 2 is 1.77 bits per heavy atom. The fourth-order valence-corrected chi connectivity index (χ4v) is 3.59. The number of aliphatic carboxylic acids is 1. The normalized spacial score (nSPS) is 21.6. The van der Waals surface area contributed by atoms with Gasteiger partial charge < -0.3 is 25.4 Å². The van der Waals surface area contributed by atoms with E-state index in [2.05, 4.69) is 17.2 Å². The molecule has 0 saturated carbocycles. The van der Waals surface area contributed by atoms with Gasteiger partial charge in [-0.25, -0.2) is 9.59 Å². The van der Waals surface area contributed by atoms with Crippen LogP contribution in [0.2, 0.25) is 0 Å². The van der Waals surface area contributed by atoms with Crippen LogP contribution in [-0.2, 0) is 23.9 Å². The first-order chi connectivity index (χ1) is 14.3. The molecule has 0 spiro atoms. The van der Waals surface area contributed by atoms with Gasteiger partial charge >= 0.3 is 12.1 Å². The summed E-state index contributed by atoms with van der Waals surface area (Å²) in [7, 11) is 0. The maximum atomic E-state index is 12.5. The Morgan fingerprint density at radius 3 is 2.40 bits per heavy atom. The number of carbonyl (C=O) groups excluding carboxylic acids is 4. The summed E-state index contributed by atoms with van der Waals surface area (Å²) in [4.78, 5) is 62.7. The van der Waals surface area contributed by atoms with Crippen LogP contribution in [0.25, 0.3) is 0 Å². The molecule has 11 heteroatoms. The minimum absolute atomic E-state index is 0.0380. The first kappa shape index (κ1) is 23.2. The quantitative estimate of drug-likeness (QED) is 0.444. The van der Waals surface area contributed by atoms with Crippen molar-refractivity contribution in [2.45, 2.75) is 50.7 Å². The second-order valence-electron chi connectivity index (χ2n) is 7.25. The highest BCUT2D eigenvalue weighted by Crippen LogP contribution is 2.19. The summed E-state index contributed by atoms with van der Waals surface area (Å²) in [5.41, 5.74) is 0. The molecule has 0 aromatic heterocycles. The summed E-state index contributed by atoms with van der Waals surface area (Å²) in [5.74, 6) is -2.62. The number of likely N-dealkylation sites (tertiary alicyclic amines) is 2. The number of hydrogen-bond donors (Lipinski definition) is 3. The van der Waals surface area contributed by atoms with Gasteiger partial charge in [0, 0.05) is 13.1 Å². The molecule has 4 amide bonds. The van der Waals surface area contributed by atoms with Crippen LogP contribution in [0.4, 0.5) is 4.79 Å². The van der Waals surface area contributed by atoms with E-state index in [0.29, 0.717) is 38.8 Å². The fraction of sp³-hybridized carbons (Fsp3) is 0.632. The summed E-state index contributed by atoms with van der Waals surface area (Å²) in [6.07, 6.45) is 2.88. The molecule has 0 aromatic carbocycles. The zero-order chi connectivity index (χ0) is 22.3. The number of ether oxygens (including phenoxy) is 1. The van der Waals surface area contributed by atoms with Crippen molar-refractivity contribution in [3.63, 3.8) is 0 Å². The zero-order valence-corrected chi connectivity index (χ0v) is 17.0.